The van der Waals surface area contributed by atoms with Gasteiger partial charge in [-0.1, -0.05) is 6.07 Å². The first kappa shape index (κ1) is 18.2. The highest BCUT2D eigenvalue weighted by Gasteiger charge is 2.45. The molecule has 0 spiro atoms. The van der Waals surface area contributed by atoms with Gasteiger partial charge in [0.25, 0.3) is 0 Å². The summed E-state index contributed by atoms with van der Waals surface area (Å²) in [5, 5.41) is 4.35. The number of nitrogens with one attached hydrogen (secondary N) is 1. The van der Waals surface area contributed by atoms with Crippen molar-refractivity contribution in [2.45, 2.75) is 5.54 Å². The predicted molar refractivity (Wildman–Crippen MR) is 121 cm³/mol. The molecule has 0 saturated heterocycles. The zero-order valence-electron chi connectivity index (χ0n) is 16.8. The molecular weight excluding hydrogens is 404 g/mol. The Hall–Kier alpha value is -4.60. The molecule has 0 amide bonds. The van der Waals surface area contributed by atoms with Gasteiger partial charge in [0.1, 0.15) is 17.0 Å². The Morgan fingerprint density at radius 3 is 2.50 bits per heavy atom. The molecule has 10 heteroatoms. The van der Waals surface area contributed by atoms with E-state index < -0.39 is 5.54 Å². The largest absolute Gasteiger partial charge is 0.368 e. The van der Waals surface area contributed by atoms with Crippen molar-refractivity contribution in [2.75, 3.05) is 23.3 Å². The van der Waals surface area contributed by atoms with E-state index in [9.17, 15) is 0 Å². The van der Waals surface area contributed by atoms with Crippen LogP contribution in [-0.4, -0.2) is 41.0 Å². The van der Waals surface area contributed by atoms with E-state index in [4.69, 9.17) is 16.5 Å². The molecule has 0 radical (unpaired) electrons. The van der Waals surface area contributed by atoms with Crippen molar-refractivity contribution in [1.29, 1.82) is 0 Å². The number of fused-ring (bicyclic) bond motifs is 2. The Labute approximate surface area is 182 Å². The van der Waals surface area contributed by atoms with Crippen molar-refractivity contribution in [3.63, 3.8) is 0 Å². The van der Waals surface area contributed by atoms with Gasteiger partial charge in [-0.3, -0.25) is 0 Å². The molecule has 6 rings (SSSR count). The summed E-state index contributed by atoms with van der Waals surface area (Å²) in [4.78, 5) is 26.3. The quantitative estimate of drug-likeness (QED) is 0.397. The molecule has 0 aliphatic carbocycles. The molecule has 0 saturated carbocycles. The maximum Gasteiger partial charge on any atom is 0.220 e. The van der Waals surface area contributed by atoms with E-state index in [0.29, 0.717) is 6.54 Å². The molecule has 0 aromatic carbocycles. The molecule has 0 bridgehead atoms. The first-order valence-corrected chi connectivity index (χ1v) is 10.0. The highest BCUT2D eigenvalue weighted by atomic mass is 15.2. The van der Waals surface area contributed by atoms with Crippen LogP contribution >= 0.6 is 0 Å². The standard InChI is InChI=1S/C22H18N10/c23-20-27-9-4-16(30-20)13-3-8-26-19-14(13)6-11-32(19)22(17-5-10-28-21(24)31-17)12-29-18-15(22)2-1-7-25-18/h1-11H,12H2,(H,25,29)(H2,23,27,30)(H2,24,28,31)/t22-/m0/s1. The molecule has 156 valence electrons. The number of aromatic nitrogens is 7. The molecule has 1 atom stereocenters. The second kappa shape index (κ2) is 6.71. The summed E-state index contributed by atoms with van der Waals surface area (Å²) >= 11 is 0. The van der Waals surface area contributed by atoms with Crippen LogP contribution in [0.3, 0.4) is 0 Å². The van der Waals surface area contributed by atoms with Crippen molar-refractivity contribution >= 4 is 28.7 Å². The van der Waals surface area contributed by atoms with Crippen LogP contribution in [0.25, 0.3) is 22.3 Å². The van der Waals surface area contributed by atoms with E-state index in [2.05, 4.69) is 34.8 Å². The lowest BCUT2D eigenvalue weighted by molar-refractivity contribution is 0.472. The maximum atomic E-state index is 5.98. The number of anilines is 3. The lowest BCUT2D eigenvalue weighted by Gasteiger charge is -2.31. The fourth-order valence-electron chi connectivity index (χ4n) is 4.45. The normalized spacial score (nSPS) is 17.2. The first-order valence-electron chi connectivity index (χ1n) is 10.0. The van der Waals surface area contributed by atoms with Crippen molar-refractivity contribution in [2.24, 2.45) is 0 Å². The molecular formula is C22H18N10. The minimum atomic E-state index is -0.710. The fourth-order valence-corrected chi connectivity index (χ4v) is 4.45. The number of nitrogen functional groups attached to an aromatic ring is 2. The van der Waals surface area contributed by atoms with Crippen LogP contribution in [0, 0.1) is 0 Å². The number of nitrogens with two attached hydrogens (primary N) is 2. The molecule has 1 aliphatic rings. The van der Waals surface area contributed by atoms with E-state index in [0.717, 1.165) is 39.4 Å². The number of pyridine rings is 2. The SMILES string of the molecule is Nc1nccc(-c2ccnc3c2ccn3[C@@]2(c3ccnc(N)n3)CNc3ncccc32)n1. The third-order valence-electron chi connectivity index (χ3n) is 5.81. The van der Waals surface area contributed by atoms with Gasteiger partial charge in [0.15, 0.2) is 0 Å². The molecule has 5 N–H and O–H groups in total. The van der Waals surface area contributed by atoms with Crippen molar-refractivity contribution < 1.29 is 0 Å². The maximum absolute atomic E-state index is 5.98. The Balaban J connectivity index is 1.65. The molecule has 0 fully saturated rings. The molecule has 0 unspecified atom stereocenters. The highest BCUT2D eigenvalue weighted by Crippen LogP contribution is 2.43. The Kier molecular flexibility index (Phi) is 3.81. The Morgan fingerprint density at radius 2 is 1.66 bits per heavy atom. The lowest BCUT2D eigenvalue weighted by atomic mass is 9.88. The zero-order valence-corrected chi connectivity index (χ0v) is 16.8. The van der Waals surface area contributed by atoms with Crippen LogP contribution in [0.4, 0.5) is 17.7 Å². The predicted octanol–water partition coefficient (Wildman–Crippen LogP) is 2.06. The third kappa shape index (κ3) is 2.52. The summed E-state index contributed by atoms with van der Waals surface area (Å²) < 4.78 is 2.11. The minimum absolute atomic E-state index is 0.209. The summed E-state index contributed by atoms with van der Waals surface area (Å²) in [7, 11) is 0. The zero-order chi connectivity index (χ0) is 21.7. The summed E-state index contributed by atoms with van der Waals surface area (Å²) in [6, 6.07) is 11.6. The average Bonchev–Trinajstić information content (AvgIpc) is 3.41. The monoisotopic (exact) mass is 422 g/mol. The van der Waals surface area contributed by atoms with Gasteiger partial charge in [-0.15, -0.1) is 0 Å². The van der Waals surface area contributed by atoms with Gasteiger partial charge >= 0.3 is 0 Å². The van der Waals surface area contributed by atoms with E-state index in [1.165, 1.54) is 0 Å². The molecule has 5 aromatic heterocycles. The molecule has 6 heterocycles. The summed E-state index contributed by atoms with van der Waals surface area (Å²) in [6.45, 7) is 0.534. The second-order valence-electron chi connectivity index (χ2n) is 7.50. The van der Waals surface area contributed by atoms with E-state index in [-0.39, 0.29) is 11.9 Å². The lowest BCUT2D eigenvalue weighted by Crippen LogP contribution is -2.39. The molecule has 5 aromatic rings. The van der Waals surface area contributed by atoms with Crippen LogP contribution in [-0.2, 0) is 5.54 Å². The summed E-state index contributed by atoms with van der Waals surface area (Å²) in [6.07, 6.45) is 8.85. The van der Waals surface area contributed by atoms with Gasteiger partial charge < -0.3 is 21.4 Å². The molecule has 10 nitrogen and oxygen atoms in total. The van der Waals surface area contributed by atoms with Gasteiger partial charge in [-0.25, -0.2) is 29.9 Å². The number of hydrogen-bond acceptors (Lipinski definition) is 9. The van der Waals surface area contributed by atoms with Crippen molar-refractivity contribution in [3.05, 3.63) is 78.6 Å². The average molecular weight is 422 g/mol. The van der Waals surface area contributed by atoms with Crippen LogP contribution in [0.15, 0.2) is 67.4 Å². The number of nitrogens with zero attached hydrogens (tertiary/aromatic N) is 7. The van der Waals surface area contributed by atoms with Crippen LogP contribution < -0.4 is 16.8 Å². The van der Waals surface area contributed by atoms with Gasteiger partial charge in [0.2, 0.25) is 11.9 Å². The highest BCUT2D eigenvalue weighted by molar-refractivity contribution is 5.92. The number of rotatable bonds is 3. The Bertz CT molecular complexity index is 1480. The van der Waals surface area contributed by atoms with E-state index >= 15 is 0 Å². The summed E-state index contributed by atoms with van der Waals surface area (Å²) in [5.74, 6) is 1.23. The molecule has 1 aliphatic heterocycles. The summed E-state index contributed by atoms with van der Waals surface area (Å²) in [5.41, 5.74) is 15.2. The van der Waals surface area contributed by atoms with Crippen molar-refractivity contribution in [1.82, 2.24) is 34.5 Å². The minimum Gasteiger partial charge on any atom is -0.368 e. The van der Waals surface area contributed by atoms with Crippen LogP contribution in [0.5, 0.6) is 0 Å². The van der Waals surface area contributed by atoms with Crippen LogP contribution in [0.2, 0.25) is 0 Å². The van der Waals surface area contributed by atoms with Gasteiger partial charge in [0, 0.05) is 47.5 Å². The van der Waals surface area contributed by atoms with Crippen LogP contribution in [0.1, 0.15) is 11.3 Å². The topological polar surface area (TPSA) is 146 Å². The van der Waals surface area contributed by atoms with E-state index in [1.807, 2.05) is 42.6 Å². The first-order chi connectivity index (χ1) is 15.7. The Morgan fingerprint density at radius 1 is 0.844 bits per heavy atom. The van der Waals surface area contributed by atoms with E-state index in [1.54, 1.807) is 24.8 Å². The van der Waals surface area contributed by atoms with Gasteiger partial charge in [-0.2, -0.15) is 0 Å². The fraction of sp³-hybridized carbons (Fsp3) is 0.0909. The van der Waals surface area contributed by atoms with Crippen molar-refractivity contribution in [3.8, 4) is 11.3 Å². The third-order valence-corrected chi connectivity index (χ3v) is 5.81. The second-order valence-corrected chi connectivity index (χ2v) is 7.50. The smallest absolute Gasteiger partial charge is 0.220 e. The van der Waals surface area contributed by atoms with Gasteiger partial charge in [-0.05, 0) is 30.3 Å². The number of hydrogen-bond donors (Lipinski definition) is 3. The molecule has 32 heavy (non-hydrogen) atoms. The van der Waals surface area contributed by atoms with Gasteiger partial charge in [0.05, 0.1) is 17.9 Å².